The molecule has 0 N–H and O–H groups in total. The van der Waals surface area contributed by atoms with Gasteiger partial charge in [-0.05, 0) is 18.8 Å². The van der Waals surface area contributed by atoms with Crippen molar-refractivity contribution in [2.45, 2.75) is 19.8 Å². The van der Waals surface area contributed by atoms with Gasteiger partial charge in [-0.3, -0.25) is 0 Å². The summed E-state index contributed by atoms with van der Waals surface area (Å²) in [6.07, 6.45) is 3.33. The van der Waals surface area contributed by atoms with E-state index in [-0.39, 0.29) is 0 Å². The molecule has 0 aromatic carbocycles. The van der Waals surface area contributed by atoms with Gasteiger partial charge in [0.2, 0.25) is 0 Å². The standard InChI is InChI=1S/C7H15BrO2S/c1-7(4-3-5-8)6-11(2,9)10/h7H,3-6H2,1-2H3. The van der Waals surface area contributed by atoms with Crippen molar-refractivity contribution >= 4 is 25.8 Å². The molecule has 2 nitrogen and oxygen atoms in total. The molecule has 0 aliphatic carbocycles. The Morgan fingerprint density at radius 1 is 1.45 bits per heavy atom. The van der Waals surface area contributed by atoms with Crippen molar-refractivity contribution in [1.82, 2.24) is 0 Å². The van der Waals surface area contributed by atoms with E-state index in [9.17, 15) is 8.42 Å². The molecule has 0 heterocycles. The molecule has 0 amide bonds. The summed E-state index contributed by atoms with van der Waals surface area (Å²) < 4.78 is 21.6. The molecule has 0 aliphatic heterocycles. The monoisotopic (exact) mass is 242 g/mol. The molecule has 0 bridgehead atoms. The Morgan fingerprint density at radius 3 is 2.36 bits per heavy atom. The topological polar surface area (TPSA) is 34.1 Å². The minimum absolute atomic E-state index is 0.294. The maximum atomic E-state index is 10.8. The van der Waals surface area contributed by atoms with Gasteiger partial charge in [0.1, 0.15) is 9.84 Å². The van der Waals surface area contributed by atoms with Crippen LogP contribution in [0.25, 0.3) is 0 Å². The number of sulfone groups is 1. The molecule has 0 saturated carbocycles. The highest BCUT2D eigenvalue weighted by Crippen LogP contribution is 2.08. The van der Waals surface area contributed by atoms with E-state index in [4.69, 9.17) is 0 Å². The molecule has 68 valence electrons. The van der Waals surface area contributed by atoms with Crippen LogP contribution < -0.4 is 0 Å². The van der Waals surface area contributed by atoms with Gasteiger partial charge in [-0.25, -0.2) is 8.42 Å². The minimum Gasteiger partial charge on any atom is -0.229 e. The predicted octanol–water partition coefficient (Wildman–Crippen LogP) is 1.84. The number of rotatable bonds is 5. The van der Waals surface area contributed by atoms with E-state index in [1.165, 1.54) is 6.26 Å². The minimum atomic E-state index is -2.77. The van der Waals surface area contributed by atoms with E-state index in [2.05, 4.69) is 15.9 Å². The average molecular weight is 243 g/mol. The van der Waals surface area contributed by atoms with E-state index >= 15 is 0 Å². The highest BCUT2D eigenvalue weighted by molar-refractivity contribution is 9.09. The Morgan fingerprint density at radius 2 is 2.00 bits per heavy atom. The highest BCUT2D eigenvalue weighted by atomic mass is 79.9. The van der Waals surface area contributed by atoms with Crippen molar-refractivity contribution in [2.24, 2.45) is 5.92 Å². The van der Waals surface area contributed by atoms with E-state index in [1.807, 2.05) is 6.92 Å². The molecule has 0 aliphatic rings. The van der Waals surface area contributed by atoms with Crippen LogP contribution >= 0.6 is 15.9 Å². The fraction of sp³-hybridized carbons (Fsp3) is 1.00. The number of hydrogen-bond acceptors (Lipinski definition) is 2. The van der Waals surface area contributed by atoms with Crippen molar-refractivity contribution in [2.75, 3.05) is 17.3 Å². The first kappa shape index (κ1) is 11.4. The molecule has 0 spiro atoms. The largest absolute Gasteiger partial charge is 0.229 e. The van der Waals surface area contributed by atoms with Gasteiger partial charge in [0.05, 0.1) is 5.75 Å². The summed E-state index contributed by atoms with van der Waals surface area (Å²) in [6.45, 7) is 1.98. The van der Waals surface area contributed by atoms with Crippen molar-refractivity contribution in [3.05, 3.63) is 0 Å². The van der Waals surface area contributed by atoms with Gasteiger partial charge in [-0.2, -0.15) is 0 Å². The van der Waals surface area contributed by atoms with Crippen molar-refractivity contribution in [1.29, 1.82) is 0 Å². The smallest absolute Gasteiger partial charge is 0.147 e. The molecular weight excluding hydrogens is 228 g/mol. The number of halogens is 1. The Labute approximate surface area is 77.4 Å². The molecule has 4 heteroatoms. The zero-order chi connectivity index (χ0) is 8.91. The molecule has 11 heavy (non-hydrogen) atoms. The van der Waals surface area contributed by atoms with E-state index in [0.717, 1.165) is 18.2 Å². The zero-order valence-corrected chi connectivity index (χ0v) is 9.41. The summed E-state index contributed by atoms with van der Waals surface area (Å²) in [6, 6.07) is 0. The Balaban J connectivity index is 3.61. The van der Waals surface area contributed by atoms with E-state index in [0.29, 0.717) is 11.7 Å². The molecule has 1 unspecified atom stereocenters. The first-order chi connectivity index (χ1) is 4.95. The van der Waals surface area contributed by atoms with Crippen LogP contribution in [0.5, 0.6) is 0 Å². The summed E-state index contributed by atoms with van der Waals surface area (Å²) in [7, 11) is -2.77. The number of hydrogen-bond donors (Lipinski definition) is 0. The van der Waals surface area contributed by atoms with Crippen LogP contribution in [0.2, 0.25) is 0 Å². The van der Waals surface area contributed by atoms with Gasteiger partial charge < -0.3 is 0 Å². The third kappa shape index (κ3) is 8.34. The van der Waals surface area contributed by atoms with E-state index < -0.39 is 9.84 Å². The Kier molecular flexibility index (Phi) is 5.34. The lowest BCUT2D eigenvalue weighted by Gasteiger charge is -2.07. The van der Waals surface area contributed by atoms with Gasteiger partial charge in [0.15, 0.2) is 0 Å². The Bertz CT molecular complexity index is 187. The molecular formula is C7H15BrO2S. The van der Waals surface area contributed by atoms with Crippen LogP contribution in [-0.4, -0.2) is 25.8 Å². The van der Waals surface area contributed by atoms with Crippen LogP contribution in [0, 0.1) is 5.92 Å². The van der Waals surface area contributed by atoms with Crippen molar-refractivity contribution in [3.8, 4) is 0 Å². The van der Waals surface area contributed by atoms with Gasteiger partial charge >= 0.3 is 0 Å². The molecule has 0 fully saturated rings. The predicted molar refractivity (Wildman–Crippen MR) is 51.9 cm³/mol. The maximum Gasteiger partial charge on any atom is 0.147 e. The lowest BCUT2D eigenvalue weighted by atomic mass is 10.1. The summed E-state index contributed by atoms with van der Waals surface area (Å²) in [5, 5.41) is 0.959. The zero-order valence-electron chi connectivity index (χ0n) is 7.01. The fourth-order valence-electron chi connectivity index (χ4n) is 1.03. The quantitative estimate of drug-likeness (QED) is 0.690. The van der Waals surface area contributed by atoms with Crippen LogP contribution in [0.3, 0.4) is 0 Å². The molecule has 0 radical (unpaired) electrons. The second-order valence-corrected chi connectivity index (χ2v) is 6.01. The van der Waals surface area contributed by atoms with Gasteiger partial charge in [-0.1, -0.05) is 22.9 Å². The normalized spacial score (nSPS) is 14.8. The first-order valence-electron chi connectivity index (χ1n) is 3.69. The molecule has 0 saturated heterocycles. The lowest BCUT2D eigenvalue weighted by Crippen LogP contribution is -2.11. The second-order valence-electron chi connectivity index (χ2n) is 3.03. The SMILES string of the molecule is CC(CCCBr)CS(C)(=O)=O. The third-order valence-corrected chi connectivity index (χ3v) is 3.15. The molecule has 0 rings (SSSR count). The first-order valence-corrected chi connectivity index (χ1v) is 6.87. The van der Waals surface area contributed by atoms with Gasteiger partial charge in [0.25, 0.3) is 0 Å². The lowest BCUT2D eigenvalue weighted by molar-refractivity contribution is 0.551. The molecule has 0 aromatic heterocycles. The second kappa shape index (κ2) is 5.14. The molecule has 0 aromatic rings. The van der Waals surface area contributed by atoms with Gasteiger partial charge in [-0.15, -0.1) is 0 Å². The summed E-state index contributed by atoms with van der Waals surface area (Å²) in [5.74, 6) is 0.613. The van der Waals surface area contributed by atoms with Crippen LogP contribution in [0.4, 0.5) is 0 Å². The van der Waals surface area contributed by atoms with Crippen LogP contribution in [0.1, 0.15) is 19.8 Å². The van der Waals surface area contributed by atoms with Crippen molar-refractivity contribution in [3.63, 3.8) is 0 Å². The average Bonchev–Trinajstić information content (AvgIpc) is 1.79. The maximum absolute atomic E-state index is 10.8. The van der Waals surface area contributed by atoms with Crippen LogP contribution in [0.15, 0.2) is 0 Å². The summed E-state index contributed by atoms with van der Waals surface area (Å²) in [4.78, 5) is 0. The van der Waals surface area contributed by atoms with Crippen molar-refractivity contribution < 1.29 is 8.42 Å². The Hall–Kier alpha value is 0.430. The van der Waals surface area contributed by atoms with Gasteiger partial charge in [0, 0.05) is 11.6 Å². The third-order valence-electron chi connectivity index (χ3n) is 1.42. The summed E-state index contributed by atoms with van der Waals surface area (Å²) >= 11 is 3.31. The highest BCUT2D eigenvalue weighted by Gasteiger charge is 2.09. The summed E-state index contributed by atoms with van der Waals surface area (Å²) in [5.41, 5.74) is 0. The number of alkyl halides is 1. The molecule has 1 atom stereocenters. The fourth-order valence-corrected chi connectivity index (χ4v) is 2.55. The van der Waals surface area contributed by atoms with Crippen LogP contribution in [-0.2, 0) is 9.84 Å². The van der Waals surface area contributed by atoms with E-state index in [1.54, 1.807) is 0 Å².